The topological polar surface area (TPSA) is 73.6 Å². The van der Waals surface area contributed by atoms with E-state index in [-0.39, 0.29) is 11.7 Å². The van der Waals surface area contributed by atoms with Gasteiger partial charge in [0, 0.05) is 22.5 Å². The van der Waals surface area contributed by atoms with E-state index >= 15 is 0 Å². The number of anilines is 1. The number of aromatic nitrogens is 1. The van der Waals surface area contributed by atoms with Crippen LogP contribution in [0.15, 0.2) is 52.9 Å². The van der Waals surface area contributed by atoms with Gasteiger partial charge >= 0.3 is 0 Å². The molecule has 0 aliphatic heterocycles. The summed E-state index contributed by atoms with van der Waals surface area (Å²) in [5.41, 5.74) is 2.80. The van der Waals surface area contributed by atoms with Gasteiger partial charge in [-0.05, 0) is 37.3 Å². The van der Waals surface area contributed by atoms with Crippen molar-refractivity contribution in [3.8, 4) is 11.5 Å². The number of carbonyl (C=O) groups excluding carboxylic acids is 1. The molecular weight excluding hydrogens is 344 g/mol. The number of ether oxygens (including phenoxy) is 2. The lowest BCUT2D eigenvalue weighted by molar-refractivity contribution is 0.0998. The maximum absolute atomic E-state index is 12.8. The van der Waals surface area contributed by atoms with Gasteiger partial charge in [-0.1, -0.05) is 12.1 Å². The van der Waals surface area contributed by atoms with Crippen LogP contribution in [0.3, 0.4) is 0 Å². The summed E-state index contributed by atoms with van der Waals surface area (Å²) < 4.78 is 16.4. The Labute approximate surface area is 155 Å². The highest BCUT2D eigenvalue weighted by atomic mass is 16.5. The zero-order valence-electron chi connectivity index (χ0n) is 15.2. The number of benzene rings is 2. The molecule has 0 spiro atoms. The van der Waals surface area contributed by atoms with Gasteiger partial charge in [0.2, 0.25) is 0 Å². The fraction of sp³-hybridized carbons (Fsp3) is 0.143. The molecule has 0 bridgehead atoms. The molecule has 4 aromatic rings. The number of carbonyl (C=O) groups is 1. The summed E-state index contributed by atoms with van der Waals surface area (Å²) in [6.45, 7) is 1.90. The van der Waals surface area contributed by atoms with E-state index in [1.807, 2.05) is 31.2 Å². The maximum atomic E-state index is 12.8. The van der Waals surface area contributed by atoms with Crippen LogP contribution in [0.1, 0.15) is 16.2 Å². The Bertz CT molecular complexity index is 1160. The molecule has 6 nitrogen and oxygen atoms in total. The summed E-state index contributed by atoms with van der Waals surface area (Å²) in [6, 6.07) is 14.6. The Kier molecular flexibility index (Phi) is 4.16. The van der Waals surface area contributed by atoms with Crippen LogP contribution in [0.25, 0.3) is 21.9 Å². The average molecular weight is 362 g/mol. The standard InChI is InChI=1S/C21H18N2O4/c1-12-15-11-19(27-20(15)14-6-4-5-7-16(14)22-12)21(24)23-17-10-13(25-2)8-9-18(17)26-3/h4-11H,1-3H3,(H,23,24). The quantitative estimate of drug-likeness (QED) is 0.576. The Balaban J connectivity index is 1.76. The number of rotatable bonds is 4. The molecule has 4 rings (SSSR count). The Morgan fingerprint density at radius 3 is 2.63 bits per heavy atom. The molecule has 2 aromatic heterocycles. The predicted molar refractivity (Wildman–Crippen MR) is 104 cm³/mol. The first-order valence-corrected chi connectivity index (χ1v) is 8.43. The number of methoxy groups -OCH3 is 2. The number of nitrogens with one attached hydrogen (secondary N) is 1. The van der Waals surface area contributed by atoms with Gasteiger partial charge in [0.05, 0.1) is 25.4 Å². The van der Waals surface area contributed by atoms with Crippen molar-refractivity contribution in [2.75, 3.05) is 19.5 Å². The van der Waals surface area contributed by atoms with E-state index in [1.165, 1.54) is 0 Å². The van der Waals surface area contributed by atoms with Crippen LogP contribution < -0.4 is 14.8 Å². The third kappa shape index (κ3) is 2.95. The van der Waals surface area contributed by atoms with Crippen LogP contribution in [-0.4, -0.2) is 25.1 Å². The number of fused-ring (bicyclic) bond motifs is 3. The van der Waals surface area contributed by atoms with E-state index in [0.717, 1.165) is 22.0 Å². The maximum Gasteiger partial charge on any atom is 0.291 e. The van der Waals surface area contributed by atoms with E-state index in [1.54, 1.807) is 38.5 Å². The van der Waals surface area contributed by atoms with Crippen LogP contribution in [-0.2, 0) is 0 Å². The lowest BCUT2D eigenvalue weighted by Crippen LogP contribution is -2.11. The van der Waals surface area contributed by atoms with Crippen molar-refractivity contribution in [3.05, 3.63) is 60.0 Å². The molecule has 2 aromatic carbocycles. The monoisotopic (exact) mass is 362 g/mol. The molecule has 0 unspecified atom stereocenters. The number of aryl methyl sites for hydroxylation is 1. The number of hydrogen-bond acceptors (Lipinski definition) is 5. The zero-order valence-corrected chi connectivity index (χ0v) is 15.2. The van der Waals surface area contributed by atoms with E-state index in [9.17, 15) is 4.79 Å². The largest absolute Gasteiger partial charge is 0.497 e. The summed E-state index contributed by atoms with van der Waals surface area (Å²) in [5.74, 6) is 0.975. The zero-order chi connectivity index (χ0) is 19.0. The summed E-state index contributed by atoms with van der Waals surface area (Å²) in [6.07, 6.45) is 0. The van der Waals surface area contributed by atoms with Gasteiger partial charge in [0.15, 0.2) is 5.76 Å². The molecule has 0 aliphatic rings. The second-order valence-corrected chi connectivity index (χ2v) is 6.09. The first-order valence-electron chi connectivity index (χ1n) is 8.43. The Hall–Kier alpha value is -3.54. The summed E-state index contributed by atoms with van der Waals surface area (Å²) in [4.78, 5) is 17.4. The molecule has 0 radical (unpaired) electrons. The van der Waals surface area contributed by atoms with Crippen molar-refractivity contribution in [1.29, 1.82) is 0 Å². The molecule has 2 heterocycles. The van der Waals surface area contributed by atoms with Gasteiger partial charge < -0.3 is 19.2 Å². The van der Waals surface area contributed by atoms with Crippen molar-refractivity contribution in [3.63, 3.8) is 0 Å². The first-order chi connectivity index (χ1) is 13.1. The average Bonchev–Trinajstić information content (AvgIpc) is 3.14. The second-order valence-electron chi connectivity index (χ2n) is 6.09. The first kappa shape index (κ1) is 16.9. The number of nitrogens with zero attached hydrogens (tertiary/aromatic N) is 1. The van der Waals surface area contributed by atoms with Gasteiger partial charge in [-0.15, -0.1) is 0 Å². The van der Waals surface area contributed by atoms with E-state index < -0.39 is 0 Å². The fourth-order valence-electron chi connectivity index (χ4n) is 3.07. The van der Waals surface area contributed by atoms with Crippen molar-refractivity contribution in [2.24, 2.45) is 0 Å². The van der Waals surface area contributed by atoms with E-state index in [0.29, 0.717) is 22.8 Å². The van der Waals surface area contributed by atoms with Crippen molar-refractivity contribution < 1.29 is 18.7 Å². The summed E-state index contributed by atoms with van der Waals surface area (Å²) >= 11 is 0. The van der Waals surface area contributed by atoms with Gasteiger partial charge in [0.1, 0.15) is 17.1 Å². The molecule has 1 amide bonds. The molecule has 1 N–H and O–H groups in total. The Morgan fingerprint density at radius 1 is 1.04 bits per heavy atom. The molecule has 0 saturated carbocycles. The minimum atomic E-state index is -0.374. The lowest BCUT2D eigenvalue weighted by atomic mass is 10.1. The summed E-state index contributed by atoms with van der Waals surface area (Å²) in [7, 11) is 3.10. The van der Waals surface area contributed by atoms with Gasteiger partial charge in [-0.2, -0.15) is 0 Å². The van der Waals surface area contributed by atoms with Gasteiger partial charge in [-0.25, -0.2) is 0 Å². The molecular formula is C21H18N2O4. The SMILES string of the molecule is COc1ccc(OC)c(NC(=O)c2cc3c(C)nc4ccccc4c3o2)c1. The van der Waals surface area contributed by atoms with Gasteiger partial charge in [0.25, 0.3) is 5.91 Å². The molecule has 0 saturated heterocycles. The Morgan fingerprint density at radius 2 is 1.85 bits per heavy atom. The third-order valence-electron chi connectivity index (χ3n) is 4.44. The van der Waals surface area contributed by atoms with Crippen LogP contribution in [0.2, 0.25) is 0 Å². The van der Waals surface area contributed by atoms with Crippen molar-refractivity contribution in [2.45, 2.75) is 6.92 Å². The van der Waals surface area contributed by atoms with E-state index in [4.69, 9.17) is 13.9 Å². The lowest BCUT2D eigenvalue weighted by Gasteiger charge is -2.10. The fourth-order valence-corrected chi connectivity index (χ4v) is 3.07. The normalized spacial score (nSPS) is 10.9. The van der Waals surface area contributed by atoms with E-state index in [2.05, 4.69) is 10.3 Å². The van der Waals surface area contributed by atoms with Crippen molar-refractivity contribution in [1.82, 2.24) is 4.98 Å². The highest BCUT2D eigenvalue weighted by Crippen LogP contribution is 2.32. The van der Waals surface area contributed by atoms with Crippen molar-refractivity contribution >= 4 is 33.5 Å². The highest BCUT2D eigenvalue weighted by Gasteiger charge is 2.18. The number of amides is 1. The molecule has 27 heavy (non-hydrogen) atoms. The minimum absolute atomic E-state index is 0.205. The van der Waals surface area contributed by atoms with Crippen LogP contribution in [0, 0.1) is 6.92 Å². The molecule has 0 fully saturated rings. The number of pyridine rings is 1. The molecule has 136 valence electrons. The predicted octanol–water partition coefficient (Wildman–Crippen LogP) is 4.56. The minimum Gasteiger partial charge on any atom is -0.497 e. The molecule has 0 atom stereocenters. The molecule has 0 aliphatic carbocycles. The summed E-state index contributed by atoms with van der Waals surface area (Å²) in [5, 5.41) is 4.51. The highest BCUT2D eigenvalue weighted by molar-refractivity contribution is 6.09. The smallest absolute Gasteiger partial charge is 0.291 e. The second kappa shape index (κ2) is 6.64. The van der Waals surface area contributed by atoms with Crippen LogP contribution >= 0.6 is 0 Å². The van der Waals surface area contributed by atoms with Crippen LogP contribution in [0.4, 0.5) is 5.69 Å². The van der Waals surface area contributed by atoms with Crippen LogP contribution in [0.5, 0.6) is 11.5 Å². The van der Waals surface area contributed by atoms with Gasteiger partial charge in [-0.3, -0.25) is 9.78 Å². The number of para-hydroxylation sites is 1. The number of hydrogen-bond donors (Lipinski definition) is 1. The molecule has 6 heteroatoms. The third-order valence-corrected chi connectivity index (χ3v) is 4.44. The number of furan rings is 1.